The molecule has 132 valence electrons. The number of aryl methyl sites for hydroxylation is 1. The fourth-order valence-electron chi connectivity index (χ4n) is 1.94. The number of amides is 2. The highest BCUT2D eigenvalue weighted by molar-refractivity contribution is 7.17. The van der Waals surface area contributed by atoms with Crippen molar-refractivity contribution in [1.29, 1.82) is 0 Å². The van der Waals surface area contributed by atoms with E-state index in [1.54, 1.807) is 6.92 Å². The average Bonchev–Trinajstić information content (AvgIpc) is 3.12. The van der Waals surface area contributed by atoms with Crippen molar-refractivity contribution in [1.82, 2.24) is 15.6 Å². The number of cyclic esters (lactones) is 2. The summed E-state index contributed by atoms with van der Waals surface area (Å²) >= 11 is 1.33. The van der Waals surface area contributed by atoms with Crippen LogP contribution < -0.4 is 15.5 Å². The molecular formula is C14H20N4O5S. The Labute approximate surface area is 143 Å². The molecule has 10 heteroatoms. The van der Waals surface area contributed by atoms with Crippen LogP contribution in [0.4, 0.5) is 9.93 Å². The number of nitrogens with one attached hydrogen (secondary N) is 2. The Hall–Kier alpha value is -2.36. The van der Waals surface area contributed by atoms with Crippen LogP contribution in [0.3, 0.4) is 0 Å². The lowest BCUT2D eigenvalue weighted by molar-refractivity contribution is -0.127. The van der Waals surface area contributed by atoms with E-state index in [4.69, 9.17) is 0 Å². The van der Waals surface area contributed by atoms with E-state index in [2.05, 4.69) is 25.1 Å². The van der Waals surface area contributed by atoms with Crippen molar-refractivity contribution >= 4 is 34.4 Å². The number of hydrogen-bond acceptors (Lipinski definition) is 8. The van der Waals surface area contributed by atoms with Gasteiger partial charge in [0.2, 0.25) is 6.10 Å². The zero-order chi connectivity index (χ0) is 17.7. The molecule has 2 heterocycles. The molecular weight excluding hydrogens is 336 g/mol. The largest absolute Gasteiger partial charge is 0.509 e. The topological polar surface area (TPSA) is 110 Å². The number of carbonyl (C=O) groups is 3. The van der Waals surface area contributed by atoms with Gasteiger partial charge in [0.1, 0.15) is 11.5 Å². The van der Waals surface area contributed by atoms with Crippen LogP contribution in [-0.4, -0.2) is 62.8 Å². The number of carbonyl (C=O) groups excluding carboxylic acids is 3. The Morgan fingerprint density at radius 1 is 1.33 bits per heavy atom. The molecule has 1 unspecified atom stereocenters. The van der Waals surface area contributed by atoms with Gasteiger partial charge in [0.15, 0.2) is 5.13 Å². The maximum Gasteiger partial charge on any atom is 0.509 e. The zero-order valence-corrected chi connectivity index (χ0v) is 14.6. The Kier molecular flexibility index (Phi) is 5.96. The minimum atomic E-state index is -0.892. The summed E-state index contributed by atoms with van der Waals surface area (Å²) in [7, 11) is 3.74. The number of thiazole rings is 1. The highest BCUT2D eigenvalue weighted by atomic mass is 32.1. The van der Waals surface area contributed by atoms with Crippen molar-refractivity contribution in [2.75, 3.05) is 38.7 Å². The summed E-state index contributed by atoms with van der Waals surface area (Å²) in [5.41, 5.74) is 0.692. The standard InChI is InChI=1S/C14H20N4O5S/c1-8-10(24-13(17-8)18(2)3)12(20)16-6-4-5-15-11(19)9-7-22-14(21)23-9/h9H,4-7H2,1-3H3,(H,15,19)(H,16,20). The molecule has 2 rings (SSSR count). The second-order valence-electron chi connectivity index (χ2n) is 5.37. The average molecular weight is 356 g/mol. The van der Waals surface area contributed by atoms with Gasteiger partial charge in [0.05, 0.1) is 5.69 Å². The predicted octanol–water partition coefficient (Wildman–Crippen LogP) is 0.289. The predicted molar refractivity (Wildman–Crippen MR) is 87.4 cm³/mol. The summed E-state index contributed by atoms with van der Waals surface area (Å²) in [6.45, 7) is 2.50. The van der Waals surface area contributed by atoms with Gasteiger partial charge < -0.3 is 25.0 Å². The van der Waals surface area contributed by atoms with Gasteiger partial charge >= 0.3 is 6.16 Å². The molecule has 1 aromatic heterocycles. The molecule has 1 aliphatic rings. The normalized spacial score (nSPS) is 16.3. The zero-order valence-electron chi connectivity index (χ0n) is 13.7. The van der Waals surface area contributed by atoms with Gasteiger partial charge in [-0.25, -0.2) is 9.78 Å². The minimum absolute atomic E-state index is 0.0692. The van der Waals surface area contributed by atoms with Crippen molar-refractivity contribution in [2.45, 2.75) is 19.4 Å². The smallest absolute Gasteiger partial charge is 0.430 e. The Morgan fingerprint density at radius 2 is 2.04 bits per heavy atom. The molecule has 1 saturated heterocycles. The first-order chi connectivity index (χ1) is 11.4. The third-order valence-electron chi connectivity index (χ3n) is 3.20. The lowest BCUT2D eigenvalue weighted by Crippen LogP contribution is -2.37. The number of aromatic nitrogens is 1. The van der Waals surface area contributed by atoms with E-state index in [0.29, 0.717) is 30.1 Å². The minimum Gasteiger partial charge on any atom is -0.430 e. The van der Waals surface area contributed by atoms with Crippen LogP contribution in [-0.2, 0) is 14.3 Å². The van der Waals surface area contributed by atoms with Crippen molar-refractivity contribution in [3.05, 3.63) is 10.6 Å². The number of rotatable bonds is 7. The maximum atomic E-state index is 12.1. The van der Waals surface area contributed by atoms with Crippen LogP contribution in [0.1, 0.15) is 21.8 Å². The molecule has 0 saturated carbocycles. The molecule has 9 nitrogen and oxygen atoms in total. The van der Waals surface area contributed by atoms with Crippen molar-refractivity contribution in [3.8, 4) is 0 Å². The first-order valence-corrected chi connectivity index (χ1v) is 8.24. The molecule has 0 spiro atoms. The highest BCUT2D eigenvalue weighted by Gasteiger charge is 2.31. The Balaban J connectivity index is 1.68. The van der Waals surface area contributed by atoms with Crippen LogP contribution in [0.2, 0.25) is 0 Å². The van der Waals surface area contributed by atoms with E-state index in [1.165, 1.54) is 11.3 Å². The molecule has 0 aliphatic carbocycles. The molecule has 0 aromatic carbocycles. The van der Waals surface area contributed by atoms with Crippen molar-refractivity contribution in [3.63, 3.8) is 0 Å². The van der Waals surface area contributed by atoms with Crippen LogP contribution in [0.15, 0.2) is 0 Å². The van der Waals surface area contributed by atoms with Gasteiger partial charge in [0, 0.05) is 27.2 Å². The van der Waals surface area contributed by atoms with E-state index in [1.807, 2.05) is 19.0 Å². The van der Waals surface area contributed by atoms with Gasteiger partial charge in [-0.05, 0) is 13.3 Å². The number of hydrogen-bond donors (Lipinski definition) is 2. The van der Waals surface area contributed by atoms with Crippen LogP contribution >= 0.6 is 11.3 Å². The molecule has 1 aliphatic heterocycles. The third-order valence-corrected chi connectivity index (χ3v) is 4.52. The van der Waals surface area contributed by atoms with E-state index in [-0.39, 0.29) is 12.5 Å². The highest BCUT2D eigenvalue weighted by Crippen LogP contribution is 2.24. The number of nitrogens with zero attached hydrogens (tertiary/aromatic N) is 2. The summed E-state index contributed by atoms with van der Waals surface area (Å²) in [5.74, 6) is -0.580. The van der Waals surface area contributed by atoms with Crippen LogP contribution in [0, 0.1) is 6.92 Å². The molecule has 1 atom stereocenters. The summed E-state index contributed by atoms with van der Waals surface area (Å²) < 4.78 is 9.20. The summed E-state index contributed by atoms with van der Waals surface area (Å²) in [6, 6.07) is 0. The van der Waals surface area contributed by atoms with Crippen molar-refractivity contribution < 1.29 is 23.9 Å². The molecule has 0 bridgehead atoms. The first kappa shape index (κ1) is 18.0. The van der Waals surface area contributed by atoms with Gasteiger partial charge in [0.25, 0.3) is 11.8 Å². The number of anilines is 1. The SMILES string of the molecule is Cc1nc(N(C)C)sc1C(=O)NCCCNC(=O)C1COC(=O)O1. The fourth-order valence-corrected chi connectivity index (χ4v) is 2.84. The van der Waals surface area contributed by atoms with Gasteiger partial charge in [-0.3, -0.25) is 9.59 Å². The second-order valence-corrected chi connectivity index (χ2v) is 6.35. The van der Waals surface area contributed by atoms with Gasteiger partial charge in [-0.15, -0.1) is 0 Å². The fraction of sp³-hybridized carbons (Fsp3) is 0.571. The lowest BCUT2D eigenvalue weighted by Gasteiger charge is -2.08. The summed E-state index contributed by atoms with van der Waals surface area (Å²) in [5, 5.41) is 6.20. The summed E-state index contributed by atoms with van der Waals surface area (Å²) in [4.78, 5) is 41.3. The molecule has 0 radical (unpaired) electrons. The number of ether oxygens (including phenoxy) is 2. The van der Waals surface area contributed by atoms with Gasteiger partial charge in [-0.1, -0.05) is 11.3 Å². The van der Waals surface area contributed by atoms with E-state index in [9.17, 15) is 14.4 Å². The molecule has 1 fully saturated rings. The lowest BCUT2D eigenvalue weighted by atomic mass is 10.3. The van der Waals surface area contributed by atoms with Gasteiger partial charge in [-0.2, -0.15) is 0 Å². The molecule has 2 amide bonds. The molecule has 2 N–H and O–H groups in total. The first-order valence-electron chi connectivity index (χ1n) is 7.42. The van der Waals surface area contributed by atoms with E-state index < -0.39 is 18.2 Å². The monoisotopic (exact) mass is 356 g/mol. The summed E-state index contributed by atoms with van der Waals surface area (Å²) in [6.07, 6.45) is -1.17. The molecule has 1 aromatic rings. The molecule has 24 heavy (non-hydrogen) atoms. The Morgan fingerprint density at radius 3 is 2.62 bits per heavy atom. The quantitative estimate of drug-likeness (QED) is 0.534. The maximum absolute atomic E-state index is 12.1. The van der Waals surface area contributed by atoms with E-state index >= 15 is 0 Å². The second kappa shape index (κ2) is 7.95. The Bertz CT molecular complexity index is 631. The van der Waals surface area contributed by atoms with Crippen LogP contribution in [0.5, 0.6) is 0 Å². The van der Waals surface area contributed by atoms with Crippen LogP contribution in [0.25, 0.3) is 0 Å². The third kappa shape index (κ3) is 4.57. The van der Waals surface area contributed by atoms with E-state index in [0.717, 1.165) is 5.13 Å². The van der Waals surface area contributed by atoms with Crippen molar-refractivity contribution in [2.24, 2.45) is 0 Å².